The lowest BCUT2D eigenvalue weighted by Gasteiger charge is -2.09. The molecule has 0 bridgehead atoms. The van der Waals surface area contributed by atoms with E-state index in [1.165, 1.54) is 0 Å². The van der Waals surface area contributed by atoms with E-state index in [1.807, 2.05) is 0 Å². The van der Waals surface area contributed by atoms with Gasteiger partial charge in [-0.25, -0.2) is 0 Å². The van der Waals surface area contributed by atoms with Gasteiger partial charge in [-0.3, -0.25) is 10.9 Å². The summed E-state index contributed by atoms with van der Waals surface area (Å²) < 4.78 is 0. The van der Waals surface area contributed by atoms with Gasteiger partial charge in [-0.2, -0.15) is 10.2 Å². The molecule has 0 fully saturated rings. The van der Waals surface area contributed by atoms with Crippen LogP contribution in [0.25, 0.3) is 0 Å². The highest BCUT2D eigenvalue weighted by atomic mass is 16.5. The smallest absolute Gasteiger partial charge is 0.247 e. The Morgan fingerprint density at radius 3 is 1.50 bits per heavy atom. The molecule has 0 atom stereocenters. The van der Waals surface area contributed by atoms with Gasteiger partial charge in [0.1, 0.15) is 0 Å². The first-order valence-corrected chi connectivity index (χ1v) is 4.39. The fraction of sp³-hybridized carbons (Fsp3) is 0. The van der Waals surface area contributed by atoms with Crippen molar-refractivity contribution in [2.75, 3.05) is 0 Å². The molecule has 3 rings (SSSR count). The summed E-state index contributed by atoms with van der Waals surface area (Å²) >= 11 is 0. The summed E-state index contributed by atoms with van der Waals surface area (Å²) in [5.41, 5.74) is 4.99. The van der Waals surface area contributed by atoms with Crippen LogP contribution in [0, 0.1) is 0 Å². The average Bonchev–Trinajstić information content (AvgIpc) is 2.98. The number of nitrogens with zero attached hydrogens (tertiary/aromatic N) is 10. The van der Waals surface area contributed by atoms with Crippen molar-refractivity contribution in [2.45, 2.75) is 0 Å². The molecule has 1 aliphatic rings. The number of hydrogen-bond donors (Lipinski definition) is 4. The molecule has 0 amide bonds. The van der Waals surface area contributed by atoms with Crippen molar-refractivity contribution >= 4 is 11.7 Å². The maximum absolute atomic E-state index is 8.85. The molecule has 1 aliphatic heterocycles. The van der Waals surface area contributed by atoms with E-state index in [1.54, 1.807) is 0 Å². The normalized spacial score (nSPS) is 14.4. The minimum absolute atomic E-state index is 0.0339. The minimum Gasteiger partial charge on any atom is -0.395 e. The molecule has 18 heavy (non-hydrogen) atoms. The molecular weight excluding hydrogens is 248 g/mol. The standard InChI is InChI=1S/C4H4N12O2/c17-15-11-3(9-13-15)1-5-7-2(8-6-1)4-10-14-16(18)12-4/h17-18H,(H,5,6)(H,7,8). The van der Waals surface area contributed by atoms with Gasteiger partial charge >= 0.3 is 0 Å². The third kappa shape index (κ3) is 1.62. The molecule has 14 nitrogen and oxygen atoms in total. The number of hydrogen-bond acceptors (Lipinski definition) is 12. The van der Waals surface area contributed by atoms with Crippen molar-refractivity contribution in [1.29, 1.82) is 0 Å². The van der Waals surface area contributed by atoms with Crippen LogP contribution in [0.1, 0.15) is 11.6 Å². The summed E-state index contributed by atoms with van der Waals surface area (Å²) in [6, 6.07) is 0. The average molecular weight is 252 g/mol. The molecular formula is C4H4N12O2. The molecule has 0 aromatic carbocycles. The first kappa shape index (κ1) is 9.87. The predicted molar refractivity (Wildman–Crippen MR) is 49.3 cm³/mol. The van der Waals surface area contributed by atoms with Crippen molar-refractivity contribution in [1.82, 2.24) is 51.6 Å². The second-order valence-electron chi connectivity index (χ2n) is 2.91. The number of amidine groups is 2. The predicted octanol–water partition coefficient (Wildman–Crippen LogP) is -3.65. The van der Waals surface area contributed by atoms with Gasteiger partial charge in [-0.05, 0) is 10.4 Å². The van der Waals surface area contributed by atoms with Crippen molar-refractivity contribution in [3.05, 3.63) is 11.6 Å². The van der Waals surface area contributed by atoms with Gasteiger partial charge in [0, 0.05) is 9.92 Å². The summed E-state index contributed by atoms with van der Waals surface area (Å²) in [6.45, 7) is 0. The van der Waals surface area contributed by atoms with Crippen LogP contribution in [0.2, 0.25) is 0 Å². The topological polar surface area (TPSA) is 176 Å². The Morgan fingerprint density at radius 1 is 0.778 bits per heavy atom. The molecule has 2 aromatic rings. The lowest BCUT2D eigenvalue weighted by molar-refractivity contribution is 0.106. The van der Waals surface area contributed by atoms with Gasteiger partial charge in [0.15, 0.2) is 0 Å². The van der Waals surface area contributed by atoms with E-state index in [-0.39, 0.29) is 33.2 Å². The molecule has 2 aromatic heterocycles. The summed E-state index contributed by atoms with van der Waals surface area (Å²) in [6.07, 6.45) is 0. The van der Waals surface area contributed by atoms with E-state index in [2.05, 4.69) is 51.9 Å². The highest BCUT2D eigenvalue weighted by molar-refractivity contribution is 6.02. The minimum atomic E-state index is 0.0339. The summed E-state index contributed by atoms with van der Waals surface area (Å²) in [5.74, 6) is 0.337. The molecule has 0 saturated carbocycles. The van der Waals surface area contributed by atoms with Crippen molar-refractivity contribution < 1.29 is 10.4 Å². The van der Waals surface area contributed by atoms with Crippen molar-refractivity contribution in [3.8, 4) is 0 Å². The molecule has 14 heteroatoms. The summed E-state index contributed by atoms with van der Waals surface area (Å²) in [4.78, 5) is 0.579. The lowest BCUT2D eigenvalue weighted by Crippen LogP contribution is -2.35. The number of hydrazone groups is 2. The zero-order valence-corrected chi connectivity index (χ0v) is 8.37. The second kappa shape index (κ2) is 3.61. The van der Waals surface area contributed by atoms with E-state index < -0.39 is 0 Å². The Labute approximate surface area is 96.5 Å². The van der Waals surface area contributed by atoms with Gasteiger partial charge in [0.25, 0.3) is 0 Å². The highest BCUT2D eigenvalue weighted by Crippen LogP contribution is 1.95. The Morgan fingerprint density at radius 2 is 1.22 bits per heavy atom. The zero-order chi connectivity index (χ0) is 12.5. The van der Waals surface area contributed by atoms with Crippen LogP contribution >= 0.6 is 0 Å². The number of tetrazole rings is 2. The summed E-state index contributed by atoms with van der Waals surface area (Å²) in [5, 5.41) is 45.8. The monoisotopic (exact) mass is 252 g/mol. The van der Waals surface area contributed by atoms with Crippen molar-refractivity contribution in [2.24, 2.45) is 10.2 Å². The van der Waals surface area contributed by atoms with Gasteiger partial charge in [0.2, 0.25) is 23.3 Å². The van der Waals surface area contributed by atoms with E-state index in [4.69, 9.17) is 10.4 Å². The Kier molecular flexibility index (Phi) is 1.98. The first-order valence-electron chi connectivity index (χ1n) is 4.39. The third-order valence-electron chi connectivity index (χ3n) is 1.78. The third-order valence-corrected chi connectivity index (χ3v) is 1.78. The van der Waals surface area contributed by atoms with Gasteiger partial charge in [-0.15, -0.1) is 10.2 Å². The highest BCUT2D eigenvalue weighted by Gasteiger charge is 2.18. The second-order valence-corrected chi connectivity index (χ2v) is 2.91. The number of nitrogens with one attached hydrogen (secondary N) is 2. The van der Waals surface area contributed by atoms with E-state index >= 15 is 0 Å². The van der Waals surface area contributed by atoms with Crippen LogP contribution < -0.4 is 10.9 Å². The van der Waals surface area contributed by atoms with Crippen LogP contribution in [0.5, 0.6) is 0 Å². The van der Waals surface area contributed by atoms with Crippen molar-refractivity contribution in [3.63, 3.8) is 0 Å². The number of aromatic nitrogens is 8. The van der Waals surface area contributed by atoms with Crippen LogP contribution in [0.4, 0.5) is 0 Å². The van der Waals surface area contributed by atoms with Gasteiger partial charge < -0.3 is 10.4 Å². The summed E-state index contributed by atoms with van der Waals surface area (Å²) in [7, 11) is 0. The SMILES string of the molecule is On1nnc(C2=NNC(c3nnn(O)n3)=NN2)n1. The first-order chi connectivity index (χ1) is 8.72. The zero-order valence-electron chi connectivity index (χ0n) is 8.37. The molecule has 92 valence electrons. The Hall–Kier alpha value is -3.32. The molecule has 0 radical (unpaired) electrons. The molecule has 0 spiro atoms. The van der Waals surface area contributed by atoms with E-state index in [0.29, 0.717) is 0 Å². The van der Waals surface area contributed by atoms with E-state index in [0.717, 1.165) is 0 Å². The largest absolute Gasteiger partial charge is 0.395 e. The maximum Gasteiger partial charge on any atom is 0.247 e. The van der Waals surface area contributed by atoms with E-state index in [9.17, 15) is 0 Å². The Balaban J connectivity index is 1.78. The van der Waals surface area contributed by atoms with Crippen LogP contribution in [0.3, 0.4) is 0 Å². The molecule has 0 saturated heterocycles. The number of rotatable bonds is 2. The Bertz CT molecular complexity index is 580. The van der Waals surface area contributed by atoms with Gasteiger partial charge in [0.05, 0.1) is 0 Å². The van der Waals surface area contributed by atoms with Crippen LogP contribution in [-0.4, -0.2) is 62.8 Å². The maximum atomic E-state index is 8.85. The molecule has 0 unspecified atom stereocenters. The van der Waals surface area contributed by atoms with Crippen LogP contribution in [-0.2, 0) is 0 Å². The molecule has 4 N–H and O–H groups in total. The fourth-order valence-corrected chi connectivity index (χ4v) is 1.07. The molecule has 3 heterocycles. The van der Waals surface area contributed by atoms with Gasteiger partial charge in [-0.1, -0.05) is 10.2 Å². The quantitative estimate of drug-likeness (QED) is 0.389. The van der Waals surface area contributed by atoms with Crippen LogP contribution in [0.15, 0.2) is 10.2 Å². The lowest BCUT2D eigenvalue weighted by atomic mass is 10.5. The molecule has 0 aliphatic carbocycles. The fourth-order valence-electron chi connectivity index (χ4n) is 1.07.